The van der Waals surface area contributed by atoms with Gasteiger partial charge >= 0.3 is 0 Å². The predicted octanol–water partition coefficient (Wildman–Crippen LogP) is 2.26. The van der Waals surface area contributed by atoms with Crippen molar-refractivity contribution in [1.29, 1.82) is 0 Å². The number of hydrogen-bond donors (Lipinski definition) is 2. The number of pyridine rings is 1. The summed E-state index contributed by atoms with van der Waals surface area (Å²) < 4.78 is 13.0. The van der Waals surface area contributed by atoms with Gasteiger partial charge in [-0.05, 0) is 48.7 Å². The van der Waals surface area contributed by atoms with Crippen molar-refractivity contribution in [1.82, 2.24) is 4.98 Å². The molecule has 1 aromatic heterocycles. The van der Waals surface area contributed by atoms with Crippen LogP contribution in [0.2, 0.25) is 0 Å². The van der Waals surface area contributed by atoms with Crippen LogP contribution in [-0.4, -0.2) is 30.5 Å². The molecule has 0 saturated carbocycles. The second kappa shape index (κ2) is 6.64. The van der Waals surface area contributed by atoms with E-state index in [2.05, 4.69) is 15.2 Å². The number of benzene rings is 1. The number of nitrogens with zero attached hydrogens (tertiary/aromatic N) is 2. The number of aromatic nitrogens is 1. The first-order chi connectivity index (χ1) is 11.1. The van der Waals surface area contributed by atoms with E-state index in [9.17, 15) is 9.18 Å². The number of nitrogens with two attached hydrogens (primary N) is 1. The second-order valence-corrected chi connectivity index (χ2v) is 5.73. The van der Waals surface area contributed by atoms with Crippen LogP contribution in [0.15, 0.2) is 42.5 Å². The molecular formula is C17H19FN4O. The molecule has 0 unspecified atom stereocenters. The Kier molecular flexibility index (Phi) is 4.41. The standard InChI is InChI=1S/C17H19FN4O/c18-13-4-6-14(7-5-13)22-9-8-12(11-22)10-20-16-3-1-2-15(21-16)17(19)23/h1-7,12H,8-11H2,(H2,19,23)(H,20,21)/t12-/m1/s1. The zero-order chi connectivity index (χ0) is 16.2. The summed E-state index contributed by atoms with van der Waals surface area (Å²) in [7, 11) is 0. The highest BCUT2D eigenvalue weighted by Gasteiger charge is 2.22. The van der Waals surface area contributed by atoms with Crippen molar-refractivity contribution in [2.24, 2.45) is 11.7 Å². The van der Waals surface area contributed by atoms with Gasteiger partial charge < -0.3 is 16.0 Å². The summed E-state index contributed by atoms with van der Waals surface area (Å²) in [6, 6.07) is 11.8. The quantitative estimate of drug-likeness (QED) is 0.888. The summed E-state index contributed by atoms with van der Waals surface area (Å²) in [5.41, 5.74) is 6.53. The third kappa shape index (κ3) is 3.77. The zero-order valence-corrected chi connectivity index (χ0v) is 12.7. The third-order valence-electron chi connectivity index (χ3n) is 4.05. The van der Waals surface area contributed by atoms with Crippen molar-refractivity contribution in [3.8, 4) is 0 Å². The summed E-state index contributed by atoms with van der Waals surface area (Å²) in [4.78, 5) is 17.6. The van der Waals surface area contributed by atoms with Crippen molar-refractivity contribution in [3.05, 3.63) is 54.0 Å². The van der Waals surface area contributed by atoms with Gasteiger partial charge in [-0.2, -0.15) is 0 Å². The molecular weight excluding hydrogens is 295 g/mol. The largest absolute Gasteiger partial charge is 0.371 e. The van der Waals surface area contributed by atoms with Gasteiger partial charge in [-0.15, -0.1) is 0 Å². The summed E-state index contributed by atoms with van der Waals surface area (Å²) in [5.74, 6) is 0.379. The number of hydrogen-bond acceptors (Lipinski definition) is 4. The number of primary amides is 1. The van der Waals surface area contributed by atoms with Gasteiger partial charge in [-0.3, -0.25) is 4.79 Å². The smallest absolute Gasteiger partial charge is 0.267 e. The molecule has 3 N–H and O–H groups in total. The van der Waals surface area contributed by atoms with Crippen molar-refractivity contribution in [3.63, 3.8) is 0 Å². The number of carbonyl (C=O) groups is 1. The first-order valence-electron chi connectivity index (χ1n) is 7.63. The molecule has 120 valence electrons. The van der Waals surface area contributed by atoms with E-state index in [0.717, 1.165) is 31.7 Å². The molecule has 3 rings (SSSR count). The van der Waals surface area contributed by atoms with E-state index < -0.39 is 5.91 Å². The Morgan fingerprint density at radius 2 is 2.09 bits per heavy atom. The third-order valence-corrected chi connectivity index (χ3v) is 4.05. The zero-order valence-electron chi connectivity index (χ0n) is 12.7. The highest BCUT2D eigenvalue weighted by Crippen LogP contribution is 2.24. The molecule has 1 fully saturated rings. The number of rotatable bonds is 5. The Balaban J connectivity index is 1.55. The Hall–Kier alpha value is -2.63. The van der Waals surface area contributed by atoms with Crippen LogP contribution >= 0.6 is 0 Å². The molecule has 2 heterocycles. The molecule has 1 aliphatic rings. The molecule has 2 aromatic rings. The monoisotopic (exact) mass is 314 g/mol. The van der Waals surface area contributed by atoms with Crippen LogP contribution in [0.25, 0.3) is 0 Å². The number of carbonyl (C=O) groups excluding carboxylic acids is 1. The van der Waals surface area contributed by atoms with Crippen LogP contribution in [0.1, 0.15) is 16.9 Å². The molecule has 5 nitrogen and oxygen atoms in total. The van der Waals surface area contributed by atoms with Gasteiger partial charge in [-0.1, -0.05) is 6.07 Å². The van der Waals surface area contributed by atoms with Crippen LogP contribution in [0.3, 0.4) is 0 Å². The maximum atomic E-state index is 13.0. The Morgan fingerprint density at radius 1 is 1.30 bits per heavy atom. The summed E-state index contributed by atoms with van der Waals surface area (Å²) in [5, 5.41) is 3.26. The van der Waals surface area contributed by atoms with E-state index in [1.165, 1.54) is 12.1 Å². The average Bonchev–Trinajstić information content (AvgIpc) is 3.03. The number of nitrogens with one attached hydrogen (secondary N) is 1. The van der Waals surface area contributed by atoms with E-state index in [1.54, 1.807) is 12.1 Å². The van der Waals surface area contributed by atoms with E-state index in [0.29, 0.717) is 11.7 Å². The SMILES string of the molecule is NC(=O)c1cccc(NC[C@H]2CCN(c3ccc(F)cc3)C2)n1. The fourth-order valence-corrected chi connectivity index (χ4v) is 2.80. The first-order valence-corrected chi connectivity index (χ1v) is 7.63. The van der Waals surface area contributed by atoms with E-state index in [4.69, 9.17) is 5.73 Å². The topological polar surface area (TPSA) is 71.2 Å². The van der Waals surface area contributed by atoms with Crippen molar-refractivity contribution in [2.75, 3.05) is 29.9 Å². The minimum atomic E-state index is -0.531. The fourth-order valence-electron chi connectivity index (χ4n) is 2.80. The minimum Gasteiger partial charge on any atom is -0.371 e. The minimum absolute atomic E-state index is 0.216. The molecule has 0 radical (unpaired) electrons. The van der Waals surface area contributed by atoms with Crippen molar-refractivity contribution < 1.29 is 9.18 Å². The van der Waals surface area contributed by atoms with Gasteiger partial charge in [-0.25, -0.2) is 9.37 Å². The highest BCUT2D eigenvalue weighted by atomic mass is 19.1. The van der Waals surface area contributed by atoms with Gasteiger partial charge in [0.25, 0.3) is 5.91 Å². The average molecular weight is 314 g/mol. The Labute approximate surface area is 134 Å². The Morgan fingerprint density at radius 3 is 2.83 bits per heavy atom. The fraction of sp³-hybridized carbons (Fsp3) is 0.294. The maximum absolute atomic E-state index is 13.0. The van der Waals surface area contributed by atoms with Crippen molar-refractivity contribution >= 4 is 17.4 Å². The lowest BCUT2D eigenvalue weighted by atomic mass is 10.1. The van der Waals surface area contributed by atoms with E-state index in [1.807, 2.05) is 18.2 Å². The lowest BCUT2D eigenvalue weighted by Crippen LogP contribution is -2.22. The molecule has 1 atom stereocenters. The maximum Gasteiger partial charge on any atom is 0.267 e. The van der Waals surface area contributed by atoms with Crippen LogP contribution < -0.4 is 16.0 Å². The molecule has 23 heavy (non-hydrogen) atoms. The van der Waals surface area contributed by atoms with Gasteiger partial charge in [0.15, 0.2) is 0 Å². The van der Waals surface area contributed by atoms with E-state index >= 15 is 0 Å². The van der Waals surface area contributed by atoms with E-state index in [-0.39, 0.29) is 11.5 Å². The van der Waals surface area contributed by atoms with Gasteiger partial charge in [0.2, 0.25) is 0 Å². The number of amides is 1. The van der Waals surface area contributed by atoms with Crippen LogP contribution in [-0.2, 0) is 0 Å². The molecule has 1 amide bonds. The van der Waals surface area contributed by atoms with Crippen molar-refractivity contribution in [2.45, 2.75) is 6.42 Å². The normalized spacial score (nSPS) is 17.3. The molecule has 1 aliphatic heterocycles. The van der Waals surface area contributed by atoms with Gasteiger partial charge in [0.05, 0.1) is 0 Å². The molecule has 6 heteroatoms. The molecule has 1 saturated heterocycles. The molecule has 0 bridgehead atoms. The molecule has 0 spiro atoms. The second-order valence-electron chi connectivity index (χ2n) is 5.73. The molecule has 0 aliphatic carbocycles. The van der Waals surface area contributed by atoms with Gasteiger partial charge in [0.1, 0.15) is 17.3 Å². The highest BCUT2D eigenvalue weighted by molar-refractivity contribution is 5.91. The summed E-state index contributed by atoms with van der Waals surface area (Å²) in [6.45, 7) is 2.63. The lowest BCUT2D eigenvalue weighted by Gasteiger charge is -2.19. The summed E-state index contributed by atoms with van der Waals surface area (Å²) >= 11 is 0. The number of anilines is 2. The molecule has 1 aromatic carbocycles. The van der Waals surface area contributed by atoms with Crippen LogP contribution in [0.5, 0.6) is 0 Å². The number of halogens is 1. The van der Waals surface area contributed by atoms with Crippen LogP contribution in [0, 0.1) is 11.7 Å². The predicted molar refractivity (Wildman–Crippen MR) is 88.0 cm³/mol. The lowest BCUT2D eigenvalue weighted by molar-refractivity contribution is 0.0995. The van der Waals surface area contributed by atoms with Crippen LogP contribution in [0.4, 0.5) is 15.9 Å². The first kappa shape index (κ1) is 15.3. The Bertz CT molecular complexity index is 689. The van der Waals surface area contributed by atoms with Gasteiger partial charge in [0, 0.05) is 25.3 Å². The summed E-state index contributed by atoms with van der Waals surface area (Å²) in [6.07, 6.45) is 1.06.